The first-order valence-corrected chi connectivity index (χ1v) is 17.2. The molecule has 2 aliphatic heterocycles. The molecule has 1 aliphatic carbocycles. The average Bonchev–Trinajstić information content (AvgIpc) is 3.67. The minimum atomic E-state index is -3.60. The van der Waals surface area contributed by atoms with E-state index in [2.05, 4.69) is 20.1 Å². The molecule has 3 aliphatic rings. The van der Waals surface area contributed by atoms with Crippen LogP contribution in [0.4, 0.5) is 10.9 Å². The van der Waals surface area contributed by atoms with Crippen molar-refractivity contribution in [2.45, 2.75) is 55.9 Å². The number of aromatic nitrogens is 2. The summed E-state index contributed by atoms with van der Waals surface area (Å²) in [4.78, 5) is 28.7. The van der Waals surface area contributed by atoms with Gasteiger partial charge in [-0.15, -0.1) is 0 Å². The van der Waals surface area contributed by atoms with E-state index >= 15 is 0 Å². The first kappa shape index (κ1) is 29.4. The van der Waals surface area contributed by atoms with Gasteiger partial charge in [-0.25, -0.2) is 18.4 Å². The van der Waals surface area contributed by atoms with Gasteiger partial charge in [0, 0.05) is 38.8 Å². The van der Waals surface area contributed by atoms with Crippen molar-refractivity contribution in [3.05, 3.63) is 42.0 Å². The first-order valence-electron chi connectivity index (χ1n) is 15.0. The molecule has 4 heterocycles. The number of ether oxygens (including phenoxy) is 1. The lowest BCUT2D eigenvalue weighted by Crippen LogP contribution is -2.51. The van der Waals surface area contributed by atoms with Gasteiger partial charge in [-0.05, 0) is 56.1 Å². The molecule has 0 radical (unpaired) electrons. The number of pyridine rings is 1. The van der Waals surface area contributed by atoms with Crippen LogP contribution < -0.4 is 10.2 Å². The topological polar surface area (TPSA) is 108 Å². The van der Waals surface area contributed by atoms with E-state index in [0.29, 0.717) is 43.9 Å². The van der Waals surface area contributed by atoms with Gasteiger partial charge < -0.3 is 19.9 Å². The zero-order valence-corrected chi connectivity index (χ0v) is 26.0. The number of piperazine rings is 1. The quantitative estimate of drug-likeness (QED) is 0.404. The predicted octanol–water partition coefficient (Wildman–Crippen LogP) is 4.16. The van der Waals surface area contributed by atoms with E-state index in [1.165, 1.54) is 24.2 Å². The number of nitrogens with zero attached hydrogens (tertiary/aromatic N) is 5. The van der Waals surface area contributed by atoms with Crippen molar-refractivity contribution >= 4 is 48.6 Å². The number of hydrogen-bond donors (Lipinski definition) is 1. The molecule has 1 unspecified atom stereocenters. The molecule has 0 spiro atoms. The molecule has 2 saturated heterocycles. The highest BCUT2D eigenvalue weighted by molar-refractivity contribution is 7.89. The Balaban J connectivity index is 1.20. The van der Waals surface area contributed by atoms with Crippen LogP contribution in [-0.2, 0) is 19.6 Å². The van der Waals surface area contributed by atoms with E-state index in [9.17, 15) is 13.2 Å². The molecule has 2 atom stereocenters. The summed E-state index contributed by atoms with van der Waals surface area (Å²) in [6.07, 6.45) is 5.35. The van der Waals surface area contributed by atoms with E-state index in [1.807, 2.05) is 38.2 Å². The number of fused-ring (bicyclic) bond motifs is 1. The normalized spacial score (nSPS) is 22.0. The van der Waals surface area contributed by atoms with Crippen LogP contribution in [0.3, 0.4) is 0 Å². The average molecular weight is 613 g/mol. The molecule has 1 amide bonds. The lowest BCUT2D eigenvalue weighted by atomic mass is 9.87. The number of benzene rings is 1. The summed E-state index contributed by atoms with van der Waals surface area (Å²) in [6.45, 7) is 6.68. The third-order valence-corrected chi connectivity index (χ3v) is 11.8. The van der Waals surface area contributed by atoms with Gasteiger partial charge in [-0.3, -0.25) is 4.79 Å². The fourth-order valence-corrected chi connectivity index (χ4v) is 8.60. The smallest absolute Gasteiger partial charge is 0.243 e. The standard InChI is InChI=1S/C30H40N6O4S2/c1-21-20-36(14-13-34(21)2)42(38,39)24-9-7-23(8-10-24)25(19-22-5-3-4-6-22)28(37)33-30-31-26-11-12-27(32-29(26)41-30)35-15-17-40-18-16-35/h7-12,21-22,25H,3-6,13-20H2,1-2H3,(H,31,33,37)/t21-,25?/m0/s1. The maximum atomic E-state index is 13.8. The van der Waals surface area contributed by atoms with E-state index in [1.54, 1.807) is 16.4 Å². The lowest BCUT2D eigenvalue weighted by Gasteiger charge is -2.36. The van der Waals surface area contributed by atoms with Gasteiger partial charge >= 0.3 is 0 Å². The van der Waals surface area contributed by atoms with E-state index in [-0.39, 0.29) is 16.8 Å². The molecule has 0 bridgehead atoms. The van der Waals surface area contributed by atoms with Crippen LogP contribution in [0.25, 0.3) is 10.3 Å². The molecule has 3 fully saturated rings. The molecule has 3 aromatic rings. The Morgan fingerprint density at radius 2 is 1.79 bits per heavy atom. The molecule has 1 saturated carbocycles. The number of hydrogen-bond acceptors (Lipinski definition) is 9. The molecule has 2 aromatic heterocycles. The summed E-state index contributed by atoms with van der Waals surface area (Å²) in [6, 6.07) is 11.1. The van der Waals surface area contributed by atoms with Crippen molar-refractivity contribution in [3.8, 4) is 0 Å². The summed E-state index contributed by atoms with van der Waals surface area (Å²) in [5.41, 5.74) is 1.59. The second-order valence-corrected chi connectivity index (χ2v) is 14.7. The van der Waals surface area contributed by atoms with Crippen molar-refractivity contribution in [3.63, 3.8) is 0 Å². The maximum absolute atomic E-state index is 13.8. The van der Waals surface area contributed by atoms with Crippen molar-refractivity contribution in [1.29, 1.82) is 0 Å². The Morgan fingerprint density at radius 1 is 1.05 bits per heavy atom. The fraction of sp³-hybridized carbons (Fsp3) is 0.567. The zero-order valence-electron chi connectivity index (χ0n) is 24.4. The molecule has 42 heavy (non-hydrogen) atoms. The molecule has 1 N–H and O–H groups in total. The molecule has 6 rings (SSSR count). The van der Waals surface area contributed by atoms with Gasteiger partial charge in [-0.1, -0.05) is 49.2 Å². The number of sulfonamides is 1. The Morgan fingerprint density at radius 3 is 2.50 bits per heavy atom. The van der Waals surface area contributed by atoms with Crippen molar-refractivity contribution < 1.29 is 17.9 Å². The molecule has 226 valence electrons. The number of thiazole rings is 1. The summed E-state index contributed by atoms with van der Waals surface area (Å²) >= 11 is 1.38. The van der Waals surface area contributed by atoms with Gasteiger partial charge in [0.05, 0.1) is 24.0 Å². The lowest BCUT2D eigenvalue weighted by molar-refractivity contribution is -0.118. The van der Waals surface area contributed by atoms with Crippen molar-refractivity contribution in [2.24, 2.45) is 5.92 Å². The molecule has 10 nitrogen and oxygen atoms in total. The van der Waals surface area contributed by atoms with Crippen LogP contribution in [0.1, 0.15) is 50.5 Å². The van der Waals surface area contributed by atoms with Crippen LogP contribution >= 0.6 is 11.3 Å². The molecule has 1 aromatic carbocycles. The van der Waals surface area contributed by atoms with Crippen molar-refractivity contribution in [2.75, 3.05) is 63.2 Å². The molecule has 12 heteroatoms. The third kappa shape index (κ3) is 6.33. The Kier molecular flexibility index (Phi) is 8.78. The number of amides is 1. The zero-order chi connectivity index (χ0) is 29.3. The maximum Gasteiger partial charge on any atom is 0.243 e. The highest BCUT2D eigenvalue weighted by Gasteiger charge is 2.32. The Hall–Kier alpha value is -2.64. The molecular weight excluding hydrogens is 573 g/mol. The number of carbonyl (C=O) groups excluding carboxylic acids is 1. The Labute approximate surface area is 252 Å². The van der Waals surface area contributed by atoms with Gasteiger partial charge in [0.2, 0.25) is 15.9 Å². The van der Waals surface area contributed by atoms with Crippen LogP contribution in [0.5, 0.6) is 0 Å². The first-order chi connectivity index (χ1) is 20.3. The van der Waals surface area contributed by atoms with E-state index in [4.69, 9.17) is 9.72 Å². The monoisotopic (exact) mass is 612 g/mol. The van der Waals surface area contributed by atoms with Gasteiger partial charge in [-0.2, -0.15) is 4.31 Å². The largest absolute Gasteiger partial charge is 0.378 e. The summed E-state index contributed by atoms with van der Waals surface area (Å²) < 4.78 is 33.8. The second kappa shape index (κ2) is 12.5. The number of anilines is 2. The number of morpholine rings is 1. The van der Waals surface area contributed by atoms with Crippen molar-refractivity contribution in [1.82, 2.24) is 19.2 Å². The second-order valence-electron chi connectivity index (χ2n) is 11.8. The Bertz CT molecular complexity index is 1500. The van der Waals surface area contributed by atoms with E-state index < -0.39 is 15.9 Å². The van der Waals surface area contributed by atoms with Crippen LogP contribution in [0.15, 0.2) is 41.3 Å². The van der Waals surface area contributed by atoms with Crippen LogP contribution in [0, 0.1) is 5.92 Å². The van der Waals surface area contributed by atoms with Crippen LogP contribution in [0.2, 0.25) is 0 Å². The van der Waals surface area contributed by atoms with Crippen LogP contribution in [-0.4, -0.2) is 92.5 Å². The number of likely N-dealkylation sites (N-methyl/N-ethyl adjacent to an activating group) is 1. The number of carbonyl (C=O) groups is 1. The molecular formula is C30H40N6O4S2. The summed E-state index contributed by atoms with van der Waals surface area (Å²) in [7, 11) is -1.58. The highest BCUT2D eigenvalue weighted by Crippen LogP contribution is 2.36. The SMILES string of the molecule is C[C@H]1CN(S(=O)(=O)c2ccc(C(CC3CCCC3)C(=O)Nc3nc4ccc(N5CCOCC5)nc4s3)cc2)CCN1C. The van der Waals surface area contributed by atoms with Gasteiger partial charge in [0.25, 0.3) is 0 Å². The van der Waals surface area contributed by atoms with E-state index in [0.717, 1.165) is 54.1 Å². The van der Waals surface area contributed by atoms with Gasteiger partial charge in [0.1, 0.15) is 16.2 Å². The minimum absolute atomic E-state index is 0.113. The predicted molar refractivity (Wildman–Crippen MR) is 166 cm³/mol. The highest BCUT2D eigenvalue weighted by atomic mass is 32.2. The minimum Gasteiger partial charge on any atom is -0.378 e. The number of rotatable bonds is 8. The fourth-order valence-electron chi connectivity index (χ4n) is 6.25. The summed E-state index contributed by atoms with van der Waals surface area (Å²) in [5, 5.41) is 3.60. The van der Waals surface area contributed by atoms with Gasteiger partial charge in [0.15, 0.2) is 5.13 Å². The summed E-state index contributed by atoms with van der Waals surface area (Å²) in [5.74, 6) is 0.867. The third-order valence-electron chi connectivity index (χ3n) is 9.01. The number of nitrogens with one attached hydrogen (secondary N) is 1.